The van der Waals surface area contributed by atoms with Crippen molar-refractivity contribution in [3.63, 3.8) is 0 Å². The average Bonchev–Trinajstić information content (AvgIpc) is 2.35. The molecule has 19 heavy (non-hydrogen) atoms. The fourth-order valence-electron chi connectivity index (χ4n) is 1.47. The number of ether oxygens (including phenoxy) is 1. The zero-order valence-corrected chi connectivity index (χ0v) is 12.0. The second-order valence-electron chi connectivity index (χ2n) is 4.09. The second kappa shape index (κ2) is 6.84. The molecule has 0 spiro atoms. The minimum atomic E-state index is -3.16. The highest BCUT2D eigenvalue weighted by Gasteiger charge is 2.32. The molecular formula is C13H15BrF2O3. The molecular weight excluding hydrogens is 322 g/mol. The van der Waals surface area contributed by atoms with Gasteiger partial charge in [-0.1, -0.05) is 6.92 Å². The lowest BCUT2D eigenvalue weighted by Gasteiger charge is -2.17. The van der Waals surface area contributed by atoms with Crippen molar-refractivity contribution in [1.82, 2.24) is 0 Å². The van der Waals surface area contributed by atoms with E-state index >= 15 is 0 Å². The Labute approximate surface area is 118 Å². The van der Waals surface area contributed by atoms with Gasteiger partial charge in [0.1, 0.15) is 5.75 Å². The molecule has 0 saturated heterocycles. The first-order valence-corrected chi connectivity index (χ1v) is 6.68. The average molecular weight is 337 g/mol. The lowest BCUT2D eigenvalue weighted by molar-refractivity contribution is -0.139. The third-order valence-electron chi connectivity index (χ3n) is 2.47. The minimum absolute atomic E-state index is 0.218. The Morgan fingerprint density at radius 3 is 2.68 bits per heavy atom. The maximum Gasteiger partial charge on any atom is 0.303 e. The molecule has 0 fully saturated rings. The fraction of sp³-hybridized carbons (Fsp3) is 0.462. The molecule has 1 aromatic rings. The summed E-state index contributed by atoms with van der Waals surface area (Å²) in [5, 5.41) is 8.46. The SMILES string of the molecule is CCCOc1ccc(C(F)(F)CCC(=O)O)cc1Br. The van der Waals surface area contributed by atoms with Gasteiger partial charge in [0.25, 0.3) is 5.92 Å². The highest BCUT2D eigenvalue weighted by atomic mass is 79.9. The number of benzene rings is 1. The van der Waals surface area contributed by atoms with Crippen LogP contribution < -0.4 is 4.74 Å². The largest absolute Gasteiger partial charge is 0.492 e. The molecule has 0 unspecified atom stereocenters. The number of halogens is 3. The monoisotopic (exact) mass is 336 g/mol. The number of hydrogen-bond acceptors (Lipinski definition) is 2. The summed E-state index contributed by atoms with van der Waals surface area (Å²) >= 11 is 3.18. The third-order valence-corrected chi connectivity index (χ3v) is 3.09. The first-order chi connectivity index (χ1) is 8.86. The van der Waals surface area contributed by atoms with Crippen LogP contribution in [0.15, 0.2) is 22.7 Å². The minimum Gasteiger partial charge on any atom is -0.492 e. The smallest absolute Gasteiger partial charge is 0.303 e. The molecule has 1 aromatic carbocycles. The van der Waals surface area contributed by atoms with Crippen molar-refractivity contribution in [2.24, 2.45) is 0 Å². The molecule has 0 amide bonds. The van der Waals surface area contributed by atoms with Crippen molar-refractivity contribution in [3.8, 4) is 5.75 Å². The molecule has 1 N–H and O–H groups in total. The predicted octanol–water partition coefficient (Wildman–Crippen LogP) is 4.19. The lowest BCUT2D eigenvalue weighted by atomic mass is 10.0. The molecule has 0 radical (unpaired) electrons. The first kappa shape index (κ1) is 15.9. The molecule has 0 aliphatic heterocycles. The van der Waals surface area contributed by atoms with E-state index in [0.29, 0.717) is 16.8 Å². The van der Waals surface area contributed by atoms with Crippen LogP contribution in [0, 0.1) is 0 Å². The summed E-state index contributed by atoms with van der Waals surface area (Å²) in [6.07, 6.45) is -0.467. The Balaban J connectivity index is 2.83. The third kappa shape index (κ3) is 4.78. The molecule has 0 aliphatic carbocycles. The van der Waals surface area contributed by atoms with Crippen LogP contribution in [0.2, 0.25) is 0 Å². The van der Waals surface area contributed by atoms with Crippen LogP contribution in [0.4, 0.5) is 8.78 Å². The van der Waals surface area contributed by atoms with Crippen LogP contribution in [0.25, 0.3) is 0 Å². The molecule has 0 aliphatic rings. The summed E-state index contributed by atoms with van der Waals surface area (Å²) < 4.78 is 33.3. The summed E-state index contributed by atoms with van der Waals surface area (Å²) in [7, 11) is 0. The van der Waals surface area contributed by atoms with E-state index in [0.717, 1.165) is 6.42 Å². The molecule has 0 atom stereocenters. The van der Waals surface area contributed by atoms with Gasteiger partial charge >= 0.3 is 5.97 Å². The van der Waals surface area contributed by atoms with Crippen molar-refractivity contribution in [1.29, 1.82) is 0 Å². The summed E-state index contributed by atoms with van der Waals surface area (Å²) in [6, 6.07) is 3.99. The van der Waals surface area contributed by atoms with Gasteiger partial charge in [0.2, 0.25) is 0 Å². The Morgan fingerprint density at radius 1 is 1.47 bits per heavy atom. The van der Waals surface area contributed by atoms with Crippen LogP contribution >= 0.6 is 15.9 Å². The van der Waals surface area contributed by atoms with Crippen molar-refractivity contribution in [3.05, 3.63) is 28.2 Å². The first-order valence-electron chi connectivity index (χ1n) is 5.89. The Kier molecular flexibility index (Phi) is 5.72. The van der Waals surface area contributed by atoms with Gasteiger partial charge < -0.3 is 9.84 Å². The van der Waals surface area contributed by atoms with E-state index in [1.165, 1.54) is 18.2 Å². The number of carboxylic acids is 1. The van der Waals surface area contributed by atoms with Crippen LogP contribution in [-0.4, -0.2) is 17.7 Å². The number of alkyl halides is 2. The van der Waals surface area contributed by atoms with Gasteiger partial charge in [-0.2, -0.15) is 0 Å². The topological polar surface area (TPSA) is 46.5 Å². The maximum atomic E-state index is 13.8. The number of carboxylic acid groups (broad SMARTS) is 1. The van der Waals surface area contributed by atoms with E-state index in [1.807, 2.05) is 6.92 Å². The van der Waals surface area contributed by atoms with E-state index in [9.17, 15) is 13.6 Å². The quantitative estimate of drug-likeness (QED) is 0.811. The van der Waals surface area contributed by atoms with E-state index in [2.05, 4.69) is 15.9 Å². The van der Waals surface area contributed by atoms with Crippen LogP contribution in [-0.2, 0) is 10.7 Å². The van der Waals surface area contributed by atoms with Crippen LogP contribution in [0.1, 0.15) is 31.7 Å². The van der Waals surface area contributed by atoms with Gasteiger partial charge in [-0.3, -0.25) is 4.79 Å². The van der Waals surface area contributed by atoms with Gasteiger partial charge in [-0.25, -0.2) is 8.78 Å². The molecule has 0 aromatic heterocycles. The van der Waals surface area contributed by atoms with Gasteiger partial charge in [-0.05, 0) is 40.5 Å². The molecule has 0 saturated carbocycles. The second-order valence-corrected chi connectivity index (χ2v) is 4.95. The van der Waals surface area contributed by atoms with Gasteiger partial charge in [0, 0.05) is 12.0 Å². The normalized spacial score (nSPS) is 11.4. The summed E-state index contributed by atoms with van der Waals surface area (Å²) in [4.78, 5) is 10.4. The standard InChI is InChI=1S/C13H15BrF2O3/c1-2-7-19-11-4-3-9(8-10(11)14)13(15,16)6-5-12(17)18/h3-4,8H,2,5-7H2,1H3,(H,17,18). The summed E-state index contributed by atoms with van der Waals surface area (Å²) in [6.45, 7) is 2.45. The predicted molar refractivity (Wildman–Crippen MR) is 70.7 cm³/mol. The maximum absolute atomic E-state index is 13.8. The number of hydrogen-bond donors (Lipinski definition) is 1. The number of carbonyl (C=O) groups is 1. The molecule has 0 bridgehead atoms. The molecule has 1 rings (SSSR count). The Morgan fingerprint density at radius 2 is 2.16 bits per heavy atom. The fourth-order valence-corrected chi connectivity index (χ4v) is 1.96. The molecule has 106 valence electrons. The van der Waals surface area contributed by atoms with Gasteiger partial charge in [0.05, 0.1) is 17.5 Å². The number of aliphatic carboxylic acids is 1. The highest BCUT2D eigenvalue weighted by molar-refractivity contribution is 9.10. The van der Waals surface area contributed by atoms with Crippen LogP contribution in [0.3, 0.4) is 0 Å². The van der Waals surface area contributed by atoms with Gasteiger partial charge in [-0.15, -0.1) is 0 Å². The van der Waals surface area contributed by atoms with Crippen LogP contribution in [0.5, 0.6) is 5.75 Å². The van der Waals surface area contributed by atoms with Crippen molar-refractivity contribution in [2.75, 3.05) is 6.61 Å². The molecule has 6 heteroatoms. The van der Waals surface area contributed by atoms with E-state index in [1.54, 1.807) is 0 Å². The Bertz CT molecular complexity index is 450. The van der Waals surface area contributed by atoms with Crippen molar-refractivity contribution in [2.45, 2.75) is 32.1 Å². The molecule has 3 nitrogen and oxygen atoms in total. The zero-order valence-electron chi connectivity index (χ0n) is 10.5. The Hall–Kier alpha value is -1.17. The zero-order chi connectivity index (χ0) is 14.5. The van der Waals surface area contributed by atoms with E-state index in [-0.39, 0.29) is 5.56 Å². The lowest BCUT2D eigenvalue weighted by Crippen LogP contribution is -2.15. The highest BCUT2D eigenvalue weighted by Crippen LogP contribution is 2.37. The summed E-state index contributed by atoms with van der Waals surface area (Å²) in [5.41, 5.74) is -0.218. The summed E-state index contributed by atoms with van der Waals surface area (Å²) in [5.74, 6) is -3.90. The van der Waals surface area contributed by atoms with E-state index < -0.39 is 24.7 Å². The molecule has 0 heterocycles. The van der Waals surface area contributed by atoms with Crippen molar-refractivity contribution >= 4 is 21.9 Å². The van der Waals surface area contributed by atoms with Gasteiger partial charge in [0.15, 0.2) is 0 Å². The number of rotatable bonds is 7. The van der Waals surface area contributed by atoms with Crippen molar-refractivity contribution < 1.29 is 23.4 Å². The van der Waals surface area contributed by atoms with E-state index in [4.69, 9.17) is 9.84 Å².